The fraction of sp³-hybridized carbons (Fsp3) is 0.263. The van der Waals surface area contributed by atoms with Crippen molar-refractivity contribution in [2.24, 2.45) is 0 Å². The number of benzene rings is 1. The molecule has 1 N–H and O–H groups in total. The molecule has 1 saturated heterocycles. The molecule has 0 saturated carbocycles. The topological polar surface area (TPSA) is 62.6 Å². The lowest BCUT2D eigenvalue weighted by atomic mass is 10.1. The molecule has 25 heavy (non-hydrogen) atoms. The highest BCUT2D eigenvalue weighted by molar-refractivity contribution is 9.10. The molecule has 3 rings (SSSR count). The highest BCUT2D eigenvalue weighted by Crippen LogP contribution is 2.16. The smallest absolute Gasteiger partial charge is 0.270 e. The third kappa shape index (κ3) is 4.60. The minimum atomic E-state index is -0.329. The van der Waals surface area contributed by atoms with E-state index in [-0.39, 0.29) is 17.5 Å². The largest absolute Gasteiger partial charge is 0.465 e. The minimum Gasteiger partial charge on any atom is -0.465 e. The number of piperidine rings is 1. The lowest BCUT2D eigenvalue weighted by Gasteiger charge is -2.27. The molecular weight excluding hydrogens is 384 g/mol. The van der Waals surface area contributed by atoms with Crippen LogP contribution in [-0.4, -0.2) is 29.8 Å². The van der Waals surface area contributed by atoms with Crippen molar-refractivity contribution in [3.8, 4) is 0 Å². The Kier molecular flexibility index (Phi) is 5.71. The quantitative estimate of drug-likeness (QED) is 0.790. The molecule has 0 aliphatic carbocycles. The fourth-order valence-corrected chi connectivity index (χ4v) is 3.16. The van der Waals surface area contributed by atoms with Gasteiger partial charge in [0.05, 0.1) is 6.26 Å². The molecule has 2 heterocycles. The van der Waals surface area contributed by atoms with Crippen LogP contribution >= 0.6 is 15.9 Å². The second-order valence-corrected chi connectivity index (χ2v) is 6.81. The molecule has 130 valence electrons. The molecule has 0 bridgehead atoms. The minimum absolute atomic E-state index is 0.181. The Morgan fingerprint density at radius 2 is 1.92 bits per heavy atom. The number of nitrogens with zero attached hydrogens (tertiary/aromatic N) is 1. The molecule has 6 heteroatoms. The number of hydrogen-bond donors (Lipinski definition) is 1. The molecular formula is C19H19BrN2O3. The van der Waals surface area contributed by atoms with E-state index in [1.54, 1.807) is 41.3 Å². The molecule has 1 aromatic heterocycles. The van der Waals surface area contributed by atoms with E-state index in [0.717, 1.165) is 23.7 Å². The normalized spacial score (nSPS) is 15.1. The first kappa shape index (κ1) is 17.5. The summed E-state index contributed by atoms with van der Waals surface area (Å²) in [4.78, 5) is 27.2. The van der Waals surface area contributed by atoms with E-state index < -0.39 is 0 Å². The molecule has 2 amide bonds. The molecule has 0 atom stereocenters. The number of nitrogens with one attached hydrogen (secondary N) is 1. The van der Waals surface area contributed by atoms with Crippen molar-refractivity contribution in [2.45, 2.75) is 19.3 Å². The number of hydrogen-bond acceptors (Lipinski definition) is 3. The average molecular weight is 403 g/mol. The predicted octanol–water partition coefficient (Wildman–Crippen LogP) is 3.83. The van der Waals surface area contributed by atoms with Gasteiger partial charge in [0, 0.05) is 29.2 Å². The Bertz CT molecular complexity index is 778. The van der Waals surface area contributed by atoms with Crippen molar-refractivity contribution >= 4 is 33.8 Å². The Labute approximate surface area is 154 Å². The van der Waals surface area contributed by atoms with Gasteiger partial charge in [-0.05, 0) is 49.6 Å². The molecule has 1 aliphatic heterocycles. The van der Waals surface area contributed by atoms with E-state index in [0.29, 0.717) is 24.4 Å². The Morgan fingerprint density at radius 3 is 2.60 bits per heavy atom. The van der Waals surface area contributed by atoms with E-state index >= 15 is 0 Å². The van der Waals surface area contributed by atoms with E-state index in [1.165, 1.54) is 6.26 Å². The van der Waals surface area contributed by atoms with E-state index in [4.69, 9.17) is 4.42 Å². The summed E-state index contributed by atoms with van der Waals surface area (Å²) in [5, 5.41) is 2.75. The van der Waals surface area contributed by atoms with Gasteiger partial charge < -0.3 is 14.6 Å². The van der Waals surface area contributed by atoms with Gasteiger partial charge in [0.2, 0.25) is 0 Å². The Balaban J connectivity index is 1.83. The van der Waals surface area contributed by atoms with Crippen LogP contribution in [0.25, 0.3) is 6.08 Å². The van der Waals surface area contributed by atoms with Crippen molar-refractivity contribution in [1.82, 2.24) is 10.2 Å². The second kappa shape index (κ2) is 8.16. The molecule has 0 unspecified atom stereocenters. The molecule has 1 fully saturated rings. The molecule has 1 aromatic carbocycles. The predicted molar refractivity (Wildman–Crippen MR) is 98.7 cm³/mol. The van der Waals surface area contributed by atoms with Gasteiger partial charge in [-0.2, -0.15) is 0 Å². The SMILES string of the molecule is O=C(NC(=Cc1ccco1)C(=O)N1CCCCC1)c1cccc(Br)c1. The second-order valence-electron chi connectivity index (χ2n) is 5.89. The zero-order valence-electron chi connectivity index (χ0n) is 13.7. The number of likely N-dealkylation sites (tertiary alicyclic amines) is 1. The van der Waals surface area contributed by atoms with Crippen LogP contribution in [0.4, 0.5) is 0 Å². The first-order valence-corrected chi connectivity index (χ1v) is 9.04. The van der Waals surface area contributed by atoms with Crippen molar-refractivity contribution in [2.75, 3.05) is 13.1 Å². The van der Waals surface area contributed by atoms with Crippen LogP contribution < -0.4 is 5.32 Å². The summed E-state index contributed by atoms with van der Waals surface area (Å²) < 4.78 is 6.11. The third-order valence-corrected chi connectivity index (χ3v) is 4.53. The highest BCUT2D eigenvalue weighted by atomic mass is 79.9. The van der Waals surface area contributed by atoms with Gasteiger partial charge in [-0.25, -0.2) is 0 Å². The zero-order chi connectivity index (χ0) is 17.6. The van der Waals surface area contributed by atoms with Crippen LogP contribution in [0.15, 0.2) is 57.2 Å². The van der Waals surface area contributed by atoms with E-state index in [2.05, 4.69) is 21.2 Å². The van der Waals surface area contributed by atoms with Crippen molar-refractivity contribution in [1.29, 1.82) is 0 Å². The van der Waals surface area contributed by atoms with E-state index in [1.807, 2.05) is 6.07 Å². The van der Waals surface area contributed by atoms with Gasteiger partial charge >= 0.3 is 0 Å². The average Bonchev–Trinajstić information content (AvgIpc) is 3.14. The molecule has 5 nitrogen and oxygen atoms in total. The summed E-state index contributed by atoms with van der Waals surface area (Å²) in [6.07, 6.45) is 6.21. The van der Waals surface area contributed by atoms with Crippen LogP contribution in [-0.2, 0) is 4.79 Å². The highest BCUT2D eigenvalue weighted by Gasteiger charge is 2.22. The van der Waals surface area contributed by atoms with E-state index in [9.17, 15) is 9.59 Å². The van der Waals surface area contributed by atoms with Crippen molar-refractivity contribution in [3.63, 3.8) is 0 Å². The van der Waals surface area contributed by atoms with Gasteiger partial charge in [-0.3, -0.25) is 9.59 Å². The van der Waals surface area contributed by atoms with Gasteiger partial charge in [-0.15, -0.1) is 0 Å². The Hall–Kier alpha value is -2.34. The van der Waals surface area contributed by atoms with Gasteiger partial charge in [0.25, 0.3) is 11.8 Å². The maximum absolute atomic E-state index is 12.9. The molecule has 2 aromatic rings. The lowest BCUT2D eigenvalue weighted by molar-refractivity contribution is -0.128. The van der Waals surface area contributed by atoms with Crippen molar-refractivity contribution in [3.05, 3.63) is 64.2 Å². The molecule has 1 aliphatic rings. The van der Waals surface area contributed by atoms with Crippen LogP contribution in [0, 0.1) is 0 Å². The first-order chi connectivity index (χ1) is 12.1. The summed E-state index contributed by atoms with van der Waals surface area (Å²) in [5.74, 6) is 0.0128. The van der Waals surface area contributed by atoms with Crippen LogP contribution in [0.2, 0.25) is 0 Å². The molecule has 0 radical (unpaired) electrons. The summed E-state index contributed by atoms with van der Waals surface area (Å²) in [6, 6.07) is 10.5. The zero-order valence-corrected chi connectivity index (χ0v) is 15.3. The molecule has 0 spiro atoms. The van der Waals surface area contributed by atoms with Crippen molar-refractivity contribution < 1.29 is 14.0 Å². The standard InChI is InChI=1S/C19H19BrN2O3/c20-15-7-4-6-14(12-15)18(23)21-17(13-16-8-5-11-25-16)19(24)22-9-2-1-3-10-22/h4-8,11-13H,1-3,9-10H2,(H,21,23). The number of furan rings is 1. The number of carbonyl (C=O) groups is 2. The number of rotatable bonds is 4. The maximum Gasteiger partial charge on any atom is 0.270 e. The van der Waals surface area contributed by atoms with Crippen LogP contribution in [0.1, 0.15) is 35.4 Å². The third-order valence-electron chi connectivity index (χ3n) is 4.04. The summed E-state index contributed by atoms with van der Waals surface area (Å²) in [7, 11) is 0. The lowest BCUT2D eigenvalue weighted by Crippen LogP contribution is -2.41. The Morgan fingerprint density at radius 1 is 1.12 bits per heavy atom. The monoisotopic (exact) mass is 402 g/mol. The van der Waals surface area contributed by atoms with Gasteiger partial charge in [0.15, 0.2) is 0 Å². The number of carbonyl (C=O) groups excluding carboxylic acids is 2. The number of amides is 2. The first-order valence-electron chi connectivity index (χ1n) is 8.25. The van der Waals surface area contributed by atoms with Crippen LogP contribution in [0.5, 0.6) is 0 Å². The number of halogens is 1. The van der Waals surface area contributed by atoms with Gasteiger partial charge in [0.1, 0.15) is 11.5 Å². The summed E-state index contributed by atoms with van der Waals surface area (Å²) in [6.45, 7) is 1.42. The summed E-state index contributed by atoms with van der Waals surface area (Å²) >= 11 is 3.35. The van der Waals surface area contributed by atoms with Crippen LogP contribution in [0.3, 0.4) is 0 Å². The van der Waals surface area contributed by atoms with Gasteiger partial charge in [-0.1, -0.05) is 22.0 Å². The maximum atomic E-state index is 12.9. The fourth-order valence-electron chi connectivity index (χ4n) is 2.76. The summed E-state index contributed by atoms with van der Waals surface area (Å²) in [5.41, 5.74) is 0.702.